The zero-order chi connectivity index (χ0) is 11.0. The Hall–Kier alpha value is -1.06. The van der Waals surface area contributed by atoms with Gasteiger partial charge in [0.1, 0.15) is 4.88 Å². The van der Waals surface area contributed by atoms with Crippen molar-refractivity contribution in [3.63, 3.8) is 0 Å². The molecule has 1 N–H and O–H groups in total. The zero-order valence-corrected chi connectivity index (χ0v) is 9.65. The summed E-state index contributed by atoms with van der Waals surface area (Å²) < 4.78 is 0.869. The maximum absolute atomic E-state index is 11.0. The van der Waals surface area contributed by atoms with Crippen molar-refractivity contribution in [3.8, 4) is 0 Å². The highest BCUT2D eigenvalue weighted by Gasteiger charge is 2.17. The Balaban J connectivity index is 2.84. The van der Waals surface area contributed by atoms with Crippen molar-refractivity contribution in [1.29, 1.82) is 0 Å². The molecule has 0 aliphatic rings. The first kappa shape index (κ1) is 10.5. The van der Waals surface area contributed by atoms with Crippen molar-refractivity contribution in [3.05, 3.63) is 33.7 Å². The van der Waals surface area contributed by atoms with Gasteiger partial charge in [-0.25, -0.2) is 4.79 Å². The van der Waals surface area contributed by atoms with Crippen LogP contribution in [0.15, 0.2) is 18.2 Å². The maximum Gasteiger partial charge on any atom is 0.346 e. The van der Waals surface area contributed by atoms with E-state index in [-0.39, 0.29) is 0 Å². The number of hydrogen-bond donors (Lipinski definition) is 1. The van der Waals surface area contributed by atoms with Gasteiger partial charge in [-0.15, -0.1) is 11.3 Å². The average molecular weight is 241 g/mol. The summed E-state index contributed by atoms with van der Waals surface area (Å²) in [6.45, 7) is 1.95. The van der Waals surface area contributed by atoms with Crippen molar-refractivity contribution >= 4 is 39.0 Å². The summed E-state index contributed by atoms with van der Waals surface area (Å²) >= 11 is 7.27. The molecule has 2 aromatic rings. The second-order valence-electron chi connectivity index (χ2n) is 3.18. The van der Waals surface area contributed by atoms with E-state index >= 15 is 0 Å². The fourth-order valence-electron chi connectivity index (χ4n) is 1.66. The van der Waals surface area contributed by atoms with Crippen LogP contribution in [0.5, 0.6) is 0 Å². The first-order valence-corrected chi connectivity index (χ1v) is 5.77. The molecule has 0 unspecified atom stereocenters. The van der Waals surface area contributed by atoms with Crippen LogP contribution in [0.4, 0.5) is 0 Å². The second-order valence-corrected chi connectivity index (χ2v) is 4.61. The summed E-state index contributed by atoms with van der Waals surface area (Å²) in [5, 5.41) is 10.6. The number of halogens is 1. The third kappa shape index (κ3) is 1.62. The van der Waals surface area contributed by atoms with Gasteiger partial charge < -0.3 is 5.11 Å². The van der Waals surface area contributed by atoms with Gasteiger partial charge in [0.25, 0.3) is 0 Å². The lowest BCUT2D eigenvalue weighted by atomic mass is 10.1. The number of carbonyl (C=O) groups is 1. The predicted octanol–water partition coefficient (Wildman–Crippen LogP) is 3.82. The van der Waals surface area contributed by atoms with Gasteiger partial charge in [-0.1, -0.05) is 30.7 Å². The number of rotatable bonds is 2. The van der Waals surface area contributed by atoms with Gasteiger partial charge in [0.2, 0.25) is 0 Å². The van der Waals surface area contributed by atoms with Crippen molar-refractivity contribution in [2.45, 2.75) is 13.3 Å². The highest BCUT2D eigenvalue weighted by Crippen LogP contribution is 2.36. The van der Waals surface area contributed by atoms with Gasteiger partial charge in [0, 0.05) is 0 Å². The summed E-state index contributed by atoms with van der Waals surface area (Å²) in [5.41, 5.74) is 0.880. The Bertz CT molecular complexity index is 531. The van der Waals surface area contributed by atoms with Gasteiger partial charge in [0.15, 0.2) is 0 Å². The molecule has 1 aromatic heterocycles. The van der Waals surface area contributed by atoms with Gasteiger partial charge in [-0.05, 0) is 23.4 Å². The molecule has 0 saturated heterocycles. The van der Waals surface area contributed by atoms with E-state index in [0.29, 0.717) is 16.3 Å². The van der Waals surface area contributed by atoms with E-state index in [1.54, 1.807) is 6.07 Å². The normalized spacial score (nSPS) is 10.8. The van der Waals surface area contributed by atoms with Gasteiger partial charge in [-0.2, -0.15) is 0 Å². The first-order valence-electron chi connectivity index (χ1n) is 4.58. The standard InChI is InChI=1S/C11H9ClO2S/c1-2-6-7-4-3-5-8(12)9(7)15-10(6)11(13)14/h3-5H,2H2,1H3,(H,13,14). The minimum atomic E-state index is -0.871. The second kappa shape index (κ2) is 3.83. The molecule has 4 heteroatoms. The van der Waals surface area contributed by atoms with Crippen LogP contribution in [0.25, 0.3) is 10.1 Å². The summed E-state index contributed by atoms with van der Waals surface area (Å²) in [7, 11) is 0. The predicted molar refractivity (Wildman–Crippen MR) is 63.2 cm³/mol. The molecule has 0 radical (unpaired) electrons. The third-order valence-electron chi connectivity index (χ3n) is 2.32. The van der Waals surface area contributed by atoms with Crippen LogP contribution in [-0.4, -0.2) is 11.1 Å². The van der Waals surface area contributed by atoms with Crippen LogP contribution >= 0.6 is 22.9 Å². The van der Waals surface area contributed by atoms with Crippen LogP contribution in [0.2, 0.25) is 5.02 Å². The average Bonchev–Trinajstić information content (AvgIpc) is 2.57. The number of aromatic carboxylic acids is 1. The summed E-state index contributed by atoms with van der Waals surface area (Å²) in [6, 6.07) is 5.55. The van der Waals surface area contributed by atoms with Crippen molar-refractivity contribution in [1.82, 2.24) is 0 Å². The summed E-state index contributed by atoms with van der Waals surface area (Å²) in [5.74, 6) is -0.871. The Morgan fingerprint density at radius 2 is 2.27 bits per heavy atom. The lowest BCUT2D eigenvalue weighted by molar-refractivity contribution is 0.0701. The van der Waals surface area contributed by atoms with Crippen LogP contribution in [-0.2, 0) is 6.42 Å². The van der Waals surface area contributed by atoms with E-state index in [4.69, 9.17) is 16.7 Å². The van der Waals surface area contributed by atoms with Gasteiger partial charge in [-0.3, -0.25) is 0 Å². The van der Waals surface area contributed by atoms with Crippen molar-refractivity contribution in [2.24, 2.45) is 0 Å². The molecule has 0 aliphatic carbocycles. The summed E-state index contributed by atoms with van der Waals surface area (Å²) in [6.07, 6.45) is 0.710. The molecule has 0 fully saturated rings. The molecule has 2 rings (SSSR count). The lowest BCUT2D eigenvalue weighted by Gasteiger charge is -1.96. The Morgan fingerprint density at radius 3 is 2.87 bits per heavy atom. The van der Waals surface area contributed by atoms with E-state index in [9.17, 15) is 4.79 Å². The van der Waals surface area contributed by atoms with E-state index in [1.807, 2.05) is 19.1 Å². The number of thiophene rings is 1. The SMILES string of the molecule is CCc1c(C(=O)O)sc2c(Cl)cccc12. The Kier molecular flexibility index (Phi) is 2.67. The number of hydrogen-bond acceptors (Lipinski definition) is 2. The van der Waals surface area contributed by atoms with Crippen molar-refractivity contribution in [2.75, 3.05) is 0 Å². The molecule has 78 valence electrons. The third-order valence-corrected chi connectivity index (χ3v) is 4.01. The molecule has 0 bridgehead atoms. The highest BCUT2D eigenvalue weighted by atomic mass is 35.5. The molecule has 0 amide bonds. The molecule has 0 atom stereocenters. The molecular formula is C11H9ClO2S. The van der Waals surface area contributed by atoms with E-state index in [2.05, 4.69) is 0 Å². The number of carboxylic acid groups (broad SMARTS) is 1. The molecule has 2 nitrogen and oxygen atoms in total. The minimum Gasteiger partial charge on any atom is -0.477 e. The van der Waals surface area contributed by atoms with E-state index in [1.165, 1.54) is 11.3 Å². The van der Waals surface area contributed by atoms with Crippen LogP contribution in [0, 0.1) is 0 Å². The summed E-state index contributed by atoms with van der Waals surface area (Å²) in [4.78, 5) is 11.4. The van der Waals surface area contributed by atoms with Gasteiger partial charge in [0.05, 0.1) is 9.72 Å². The fraction of sp³-hybridized carbons (Fsp3) is 0.182. The number of benzene rings is 1. The van der Waals surface area contributed by atoms with Crippen LogP contribution in [0.3, 0.4) is 0 Å². The molecule has 0 saturated carbocycles. The van der Waals surface area contributed by atoms with Crippen molar-refractivity contribution < 1.29 is 9.90 Å². The van der Waals surface area contributed by atoms with Crippen LogP contribution in [0.1, 0.15) is 22.2 Å². The minimum absolute atomic E-state index is 0.403. The molecule has 0 spiro atoms. The quantitative estimate of drug-likeness (QED) is 0.867. The van der Waals surface area contributed by atoms with E-state index in [0.717, 1.165) is 15.6 Å². The number of fused-ring (bicyclic) bond motifs is 1. The molecule has 0 aliphatic heterocycles. The maximum atomic E-state index is 11.0. The number of carboxylic acids is 1. The zero-order valence-electron chi connectivity index (χ0n) is 8.08. The topological polar surface area (TPSA) is 37.3 Å². The molecule has 1 heterocycles. The lowest BCUT2D eigenvalue weighted by Crippen LogP contribution is -1.96. The molecule has 15 heavy (non-hydrogen) atoms. The largest absolute Gasteiger partial charge is 0.477 e. The fourth-order valence-corrected chi connectivity index (χ4v) is 3.09. The van der Waals surface area contributed by atoms with Gasteiger partial charge >= 0.3 is 5.97 Å². The van der Waals surface area contributed by atoms with Crippen LogP contribution < -0.4 is 0 Å². The number of aryl methyl sites for hydroxylation is 1. The molecular weight excluding hydrogens is 232 g/mol. The van der Waals surface area contributed by atoms with E-state index < -0.39 is 5.97 Å². The Labute approximate surface area is 96.1 Å². The monoisotopic (exact) mass is 240 g/mol. The smallest absolute Gasteiger partial charge is 0.346 e. The highest BCUT2D eigenvalue weighted by molar-refractivity contribution is 7.21. The Morgan fingerprint density at radius 1 is 1.53 bits per heavy atom. The first-order chi connectivity index (χ1) is 7.15. The molecule has 1 aromatic carbocycles.